The molecule has 0 spiro atoms. The number of amides is 1. The van der Waals surface area contributed by atoms with Crippen LogP contribution in [0.25, 0.3) is 0 Å². The highest BCUT2D eigenvalue weighted by Gasteiger charge is 2.05. The first-order chi connectivity index (χ1) is 9.29. The lowest BCUT2D eigenvalue weighted by Crippen LogP contribution is -2.14. The predicted octanol–water partition coefficient (Wildman–Crippen LogP) is 2.11. The normalized spacial score (nSPS) is 10.2. The minimum absolute atomic E-state index is 0.00949. The van der Waals surface area contributed by atoms with Crippen LogP contribution < -0.4 is 11.1 Å². The number of aromatic nitrogens is 1. The number of nitrogens with two attached hydrogens (primary N) is 1. The maximum absolute atomic E-state index is 11.9. The van der Waals surface area contributed by atoms with Gasteiger partial charge in [-0.05, 0) is 29.7 Å². The third kappa shape index (κ3) is 3.89. The molecule has 0 unspecified atom stereocenters. The van der Waals surface area contributed by atoms with Crippen LogP contribution in [-0.2, 0) is 17.8 Å². The fourth-order valence-electron chi connectivity index (χ4n) is 1.84. The number of hydrogen-bond acceptors (Lipinski definition) is 3. The molecule has 4 nitrogen and oxygen atoms in total. The number of para-hydroxylation sites is 1. The summed E-state index contributed by atoms with van der Waals surface area (Å²) < 4.78 is 0. The van der Waals surface area contributed by atoms with Crippen molar-refractivity contribution in [2.45, 2.75) is 19.4 Å². The van der Waals surface area contributed by atoms with Gasteiger partial charge in [-0.2, -0.15) is 0 Å². The molecule has 0 atom stereocenters. The molecule has 0 bridgehead atoms. The Bertz CT molecular complexity index is 540. The Morgan fingerprint density at radius 2 is 2.05 bits per heavy atom. The zero-order valence-corrected chi connectivity index (χ0v) is 10.7. The molecule has 0 radical (unpaired) electrons. The van der Waals surface area contributed by atoms with E-state index in [0.29, 0.717) is 19.4 Å². The monoisotopic (exact) mass is 255 g/mol. The van der Waals surface area contributed by atoms with E-state index in [-0.39, 0.29) is 5.91 Å². The van der Waals surface area contributed by atoms with Crippen molar-refractivity contribution in [2.24, 2.45) is 5.73 Å². The van der Waals surface area contributed by atoms with Gasteiger partial charge in [-0.15, -0.1) is 0 Å². The Hall–Kier alpha value is -2.20. The highest BCUT2D eigenvalue weighted by Crippen LogP contribution is 2.14. The Morgan fingerprint density at radius 1 is 1.21 bits per heavy atom. The second kappa shape index (κ2) is 6.66. The molecule has 0 aliphatic carbocycles. The molecule has 0 saturated carbocycles. The molecule has 19 heavy (non-hydrogen) atoms. The SMILES string of the molecule is NCc1ccccc1NC(=O)CCc1cccnc1. The van der Waals surface area contributed by atoms with E-state index < -0.39 is 0 Å². The third-order valence-electron chi connectivity index (χ3n) is 2.87. The Balaban J connectivity index is 1.91. The fourth-order valence-corrected chi connectivity index (χ4v) is 1.84. The Morgan fingerprint density at radius 3 is 2.79 bits per heavy atom. The fraction of sp³-hybridized carbons (Fsp3) is 0.200. The van der Waals surface area contributed by atoms with Gasteiger partial charge in [0.25, 0.3) is 0 Å². The van der Waals surface area contributed by atoms with Crippen LogP contribution in [0.1, 0.15) is 17.5 Å². The van der Waals surface area contributed by atoms with E-state index >= 15 is 0 Å². The zero-order valence-electron chi connectivity index (χ0n) is 10.7. The van der Waals surface area contributed by atoms with E-state index in [1.165, 1.54) is 0 Å². The van der Waals surface area contributed by atoms with Gasteiger partial charge in [0.05, 0.1) is 0 Å². The van der Waals surface area contributed by atoms with E-state index in [1.54, 1.807) is 12.4 Å². The van der Waals surface area contributed by atoms with Crippen LogP contribution in [0.4, 0.5) is 5.69 Å². The van der Waals surface area contributed by atoms with Crippen molar-refractivity contribution in [1.82, 2.24) is 4.98 Å². The number of rotatable bonds is 5. The molecule has 1 amide bonds. The Kier molecular flexibility index (Phi) is 4.64. The molecule has 1 aromatic carbocycles. The molecular weight excluding hydrogens is 238 g/mol. The first-order valence-corrected chi connectivity index (χ1v) is 6.26. The molecule has 2 aromatic rings. The maximum atomic E-state index is 11.9. The van der Waals surface area contributed by atoms with E-state index in [1.807, 2.05) is 36.4 Å². The summed E-state index contributed by atoms with van der Waals surface area (Å²) in [7, 11) is 0. The van der Waals surface area contributed by atoms with Crippen molar-refractivity contribution in [1.29, 1.82) is 0 Å². The smallest absolute Gasteiger partial charge is 0.224 e. The van der Waals surface area contributed by atoms with Crippen LogP contribution in [0, 0.1) is 0 Å². The summed E-state index contributed by atoms with van der Waals surface area (Å²) in [6.07, 6.45) is 4.62. The first-order valence-electron chi connectivity index (χ1n) is 6.26. The summed E-state index contributed by atoms with van der Waals surface area (Å²) in [6.45, 7) is 0.416. The maximum Gasteiger partial charge on any atom is 0.224 e. The molecular formula is C15H17N3O. The zero-order chi connectivity index (χ0) is 13.5. The lowest BCUT2D eigenvalue weighted by atomic mass is 10.1. The topological polar surface area (TPSA) is 68.0 Å². The number of nitrogens with one attached hydrogen (secondary N) is 1. The summed E-state index contributed by atoms with van der Waals surface area (Å²) in [4.78, 5) is 15.9. The molecule has 0 aliphatic rings. The number of anilines is 1. The summed E-state index contributed by atoms with van der Waals surface area (Å²) in [5.74, 6) is -0.00949. The molecule has 2 rings (SSSR count). The van der Waals surface area contributed by atoms with Gasteiger partial charge in [-0.3, -0.25) is 9.78 Å². The number of aryl methyl sites for hydroxylation is 1. The largest absolute Gasteiger partial charge is 0.326 e. The van der Waals surface area contributed by atoms with Crippen LogP contribution in [-0.4, -0.2) is 10.9 Å². The van der Waals surface area contributed by atoms with Crippen molar-refractivity contribution in [3.05, 3.63) is 59.9 Å². The number of nitrogens with zero attached hydrogens (tertiary/aromatic N) is 1. The van der Waals surface area contributed by atoms with Gasteiger partial charge in [0.15, 0.2) is 0 Å². The van der Waals surface area contributed by atoms with E-state index in [9.17, 15) is 4.79 Å². The number of pyridine rings is 1. The van der Waals surface area contributed by atoms with E-state index in [2.05, 4.69) is 10.3 Å². The molecule has 98 valence electrons. The standard InChI is InChI=1S/C15H17N3O/c16-10-13-5-1-2-6-14(13)18-15(19)8-7-12-4-3-9-17-11-12/h1-6,9,11H,7-8,10,16H2,(H,18,19). The van der Waals surface area contributed by atoms with Crippen molar-refractivity contribution < 1.29 is 4.79 Å². The van der Waals surface area contributed by atoms with E-state index in [4.69, 9.17) is 5.73 Å². The van der Waals surface area contributed by atoms with Crippen LogP contribution in [0.15, 0.2) is 48.8 Å². The summed E-state index contributed by atoms with van der Waals surface area (Å²) in [5.41, 5.74) is 8.43. The van der Waals surface area contributed by atoms with Crippen molar-refractivity contribution in [3.8, 4) is 0 Å². The Labute approximate surface area is 112 Å². The number of carbonyl (C=O) groups is 1. The van der Waals surface area contributed by atoms with Gasteiger partial charge < -0.3 is 11.1 Å². The van der Waals surface area contributed by atoms with Crippen LogP contribution in [0.5, 0.6) is 0 Å². The molecule has 0 fully saturated rings. The van der Waals surface area contributed by atoms with Gasteiger partial charge in [0.2, 0.25) is 5.91 Å². The minimum Gasteiger partial charge on any atom is -0.326 e. The molecule has 0 saturated heterocycles. The molecule has 0 aliphatic heterocycles. The minimum atomic E-state index is -0.00949. The highest BCUT2D eigenvalue weighted by molar-refractivity contribution is 5.91. The highest BCUT2D eigenvalue weighted by atomic mass is 16.1. The molecule has 1 aromatic heterocycles. The second-order valence-corrected chi connectivity index (χ2v) is 4.27. The van der Waals surface area contributed by atoms with Gasteiger partial charge in [0.1, 0.15) is 0 Å². The average Bonchev–Trinajstić information content (AvgIpc) is 2.47. The molecule has 4 heteroatoms. The first kappa shape index (κ1) is 13.2. The number of carbonyl (C=O) groups excluding carboxylic acids is 1. The van der Waals surface area contributed by atoms with Gasteiger partial charge >= 0.3 is 0 Å². The molecule has 3 N–H and O–H groups in total. The van der Waals surface area contributed by atoms with E-state index in [0.717, 1.165) is 16.8 Å². The summed E-state index contributed by atoms with van der Waals surface area (Å²) in [5, 5.41) is 2.89. The molecule has 1 heterocycles. The number of hydrogen-bond donors (Lipinski definition) is 2. The van der Waals surface area contributed by atoms with Gasteiger partial charge in [-0.1, -0.05) is 24.3 Å². The summed E-state index contributed by atoms with van der Waals surface area (Å²) in [6, 6.07) is 11.4. The van der Waals surface area contributed by atoms with Crippen LogP contribution in [0.3, 0.4) is 0 Å². The summed E-state index contributed by atoms with van der Waals surface area (Å²) >= 11 is 0. The lowest BCUT2D eigenvalue weighted by molar-refractivity contribution is -0.116. The quantitative estimate of drug-likeness (QED) is 0.859. The van der Waals surface area contributed by atoms with Crippen LogP contribution in [0.2, 0.25) is 0 Å². The average molecular weight is 255 g/mol. The van der Waals surface area contributed by atoms with Crippen LogP contribution >= 0.6 is 0 Å². The number of benzene rings is 1. The van der Waals surface area contributed by atoms with Crippen molar-refractivity contribution >= 4 is 11.6 Å². The second-order valence-electron chi connectivity index (χ2n) is 4.27. The van der Waals surface area contributed by atoms with Crippen molar-refractivity contribution in [3.63, 3.8) is 0 Å². The van der Waals surface area contributed by atoms with Gasteiger partial charge in [-0.25, -0.2) is 0 Å². The van der Waals surface area contributed by atoms with Gasteiger partial charge in [0, 0.05) is 31.0 Å². The lowest BCUT2D eigenvalue weighted by Gasteiger charge is -2.09. The predicted molar refractivity (Wildman–Crippen MR) is 75.5 cm³/mol. The van der Waals surface area contributed by atoms with Crippen molar-refractivity contribution in [2.75, 3.05) is 5.32 Å². The third-order valence-corrected chi connectivity index (χ3v) is 2.87.